The van der Waals surface area contributed by atoms with Crippen LogP contribution in [0.4, 0.5) is 0 Å². The molecule has 0 aliphatic carbocycles. The second-order valence-electron chi connectivity index (χ2n) is 3.41. The molecule has 0 nitrogen and oxygen atoms in total. The maximum absolute atomic E-state index is 4.13. The van der Waals surface area contributed by atoms with Crippen LogP contribution in [0.25, 0.3) is 11.6 Å². The molecule has 0 atom stereocenters. The van der Waals surface area contributed by atoms with Gasteiger partial charge in [-0.2, -0.15) is 0 Å². The van der Waals surface area contributed by atoms with Gasteiger partial charge in [-0.3, -0.25) is 0 Å². The zero-order valence-electron chi connectivity index (χ0n) is 8.74. The molecule has 0 aliphatic heterocycles. The van der Waals surface area contributed by atoms with Crippen LogP contribution < -0.4 is 0 Å². The highest BCUT2D eigenvalue weighted by Crippen LogP contribution is 2.31. The standard InChI is InChI=1S/C14H11BrS/c1-3-11-4-6-12(7-5-11)10(2)13-8-9-14(15)16-13/h3-9H,1-2H2. The van der Waals surface area contributed by atoms with Gasteiger partial charge in [0, 0.05) is 4.88 Å². The summed E-state index contributed by atoms with van der Waals surface area (Å²) >= 11 is 5.16. The van der Waals surface area contributed by atoms with Crippen molar-refractivity contribution in [3.8, 4) is 0 Å². The Balaban J connectivity index is 2.30. The van der Waals surface area contributed by atoms with Crippen molar-refractivity contribution < 1.29 is 0 Å². The van der Waals surface area contributed by atoms with E-state index in [2.05, 4.69) is 59.4 Å². The minimum Gasteiger partial charge on any atom is -0.128 e. The third-order valence-corrected chi connectivity index (χ3v) is 4.05. The predicted octanol–water partition coefficient (Wildman–Crippen LogP) is 5.22. The maximum atomic E-state index is 4.13. The lowest BCUT2D eigenvalue weighted by molar-refractivity contribution is 1.59. The van der Waals surface area contributed by atoms with E-state index >= 15 is 0 Å². The van der Waals surface area contributed by atoms with Crippen LogP contribution in [0.3, 0.4) is 0 Å². The van der Waals surface area contributed by atoms with E-state index in [0.29, 0.717) is 0 Å². The minimum atomic E-state index is 1.06. The van der Waals surface area contributed by atoms with Crippen LogP contribution >= 0.6 is 27.3 Å². The molecule has 2 rings (SSSR count). The molecule has 1 aromatic carbocycles. The van der Waals surface area contributed by atoms with Crippen molar-refractivity contribution >= 4 is 38.9 Å². The third-order valence-electron chi connectivity index (χ3n) is 2.37. The van der Waals surface area contributed by atoms with Gasteiger partial charge < -0.3 is 0 Å². The second kappa shape index (κ2) is 4.81. The van der Waals surface area contributed by atoms with Crippen LogP contribution in [0.2, 0.25) is 0 Å². The molecule has 0 spiro atoms. The molecule has 0 fully saturated rings. The smallest absolute Gasteiger partial charge is 0.0705 e. The first-order valence-corrected chi connectivity index (χ1v) is 6.49. The molecule has 2 heteroatoms. The van der Waals surface area contributed by atoms with Gasteiger partial charge in [0.15, 0.2) is 0 Å². The largest absolute Gasteiger partial charge is 0.128 e. The summed E-state index contributed by atoms with van der Waals surface area (Å²) in [4.78, 5) is 1.19. The van der Waals surface area contributed by atoms with Gasteiger partial charge in [0.05, 0.1) is 3.79 Å². The Kier molecular flexibility index (Phi) is 3.42. The van der Waals surface area contributed by atoms with Crippen molar-refractivity contribution in [3.63, 3.8) is 0 Å². The monoisotopic (exact) mass is 290 g/mol. The zero-order chi connectivity index (χ0) is 11.5. The summed E-state index contributed by atoms with van der Waals surface area (Å²) in [7, 11) is 0. The normalized spacial score (nSPS) is 10.1. The molecule has 0 saturated carbocycles. The quantitative estimate of drug-likeness (QED) is 0.727. The Bertz CT molecular complexity index is 520. The highest BCUT2D eigenvalue weighted by atomic mass is 79.9. The van der Waals surface area contributed by atoms with Gasteiger partial charge >= 0.3 is 0 Å². The molecular weight excluding hydrogens is 280 g/mol. The number of halogens is 1. The van der Waals surface area contributed by atoms with Crippen LogP contribution in [0.1, 0.15) is 16.0 Å². The van der Waals surface area contributed by atoms with Crippen LogP contribution in [-0.4, -0.2) is 0 Å². The molecule has 0 saturated heterocycles. The Labute approximate surface area is 108 Å². The van der Waals surface area contributed by atoms with Gasteiger partial charge in [-0.25, -0.2) is 0 Å². The van der Waals surface area contributed by atoms with E-state index in [4.69, 9.17) is 0 Å². The lowest BCUT2D eigenvalue weighted by atomic mass is 10.0. The van der Waals surface area contributed by atoms with E-state index in [-0.39, 0.29) is 0 Å². The predicted molar refractivity (Wildman–Crippen MR) is 76.7 cm³/mol. The first-order valence-electron chi connectivity index (χ1n) is 4.88. The molecule has 0 aliphatic rings. The van der Waals surface area contributed by atoms with Crippen molar-refractivity contribution in [2.75, 3.05) is 0 Å². The van der Waals surface area contributed by atoms with Crippen LogP contribution in [0.5, 0.6) is 0 Å². The Hall–Kier alpha value is -1.12. The van der Waals surface area contributed by atoms with Gasteiger partial charge in [-0.1, -0.05) is 43.5 Å². The lowest BCUT2D eigenvalue weighted by Crippen LogP contribution is -1.82. The summed E-state index contributed by atoms with van der Waals surface area (Å²) in [6.07, 6.45) is 1.84. The first-order chi connectivity index (χ1) is 7.70. The van der Waals surface area contributed by atoms with E-state index in [1.807, 2.05) is 12.1 Å². The van der Waals surface area contributed by atoms with Crippen LogP contribution in [0.15, 0.2) is 53.3 Å². The highest BCUT2D eigenvalue weighted by molar-refractivity contribution is 9.11. The zero-order valence-corrected chi connectivity index (χ0v) is 11.1. The molecule has 0 N–H and O–H groups in total. The van der Waals surface area contributed by atoms with E-state index < -0.39 is 0 Å². The highest BCUT2D eigenvalue weighted by Gasteiger charge is 2.04. The molecular formula is C14H11BrS. The molecule has 1 aromatic heterocycles. The first kappa shape index (κ1) is 11.4. The van der Waals surface area contributed by atoms with Gasteiger partial charge in [0.2, 0.25) is 0 Å². The average molecular weight is 291 g/mol. The van der Waals surface area contributed by atoms with Crippen molar-refractivity contribution in [2.45, 2.75) is 0 Å². The Morgan fingerprint density at radius 1 is 1.12 bits per heavy atom. The van der Waals surface area contributed by atoms with Gasteiger partial charge in [-0.05, 0) is 44.8 Å². The number of hydrogen-bond donors (Lipinski definition) is 0. The van der Waals surface area contributed by atoms with Crippen molar-refractivity contribution in [3.05, 3.63) is 69.3 Å². The van der Waals surface area contributed by atoms with E-state index in [1.54, 1.807) is 11.3 Å². The summed E-state index contributed by atoms with van der Waals surface area (Å²) in [6, 6.07) is 12.4. The molecule has 2 aromatic rings. The van der Waals surface area contributed by atoms with E-state index in [1.165, 1.54) is 4.88 Å². The van der Waals surface area contributed by atoms with Crippen molar-refractivity contribution in [1.29, 1.82) is 0 Å². The number of thiophene rings is 1. The SMILES string of the molecule is C=Cc1ccc(C(=C)c2ccc(Br)s2)cc1. The van der Waals surface area contributed by atoms with E-state index in [9.17, 15) is 0 Å². The summed E-state index contributed by atoms with van der Waals surface area (Å²) in [5, 5.41) is 0. The van der Waals surface area contributed by atoms with Gasteiger partial charge in [0.1, 0.15) is 0 Å². The second-order valence-corrected chi connectivity index (χ2v) is 5.87. The molecule has 0 radical (unpaired) electrons. The third kappa shape index (κ3) is 2.34. The van der Waals surface area contributed by atoms with Gasteiger partial charge in [0.25, 0.3) is 0 Å². The molecule has 0 amide bonds. The molecule has 0 unspecified atom stereocenters. The van der Waals surface area contributed by atoms with Crippen LogP contribution in [-0.2, 0) is 0 Å². The molecule has 0 bridgehead atoms. The fraction of sp³-hybridized carbons (Fsp3) is 0. The summed E-state index contributed by atoms with van der Waals surface area (Å²) in [5.41, 5.74) is 3.34. The van der Waals surface area contributed by atoms with Gasteiger partial charge in [-0.15, -0.1) is 11.3 Å². The van der Waals surface area contributed by atoms with Crippen molar-refractivity contribution in [2.24, 2.45) is 0 Å². The number of hydrogen-bond acceptors (Lipinski definition) is 1. The Morgan fingerprint density at radius 2 is 1.81 bits per heavy atom. The topological polar surface area (TPSA) is 0 Å². The molecule has 1 heterocycles. The minimum absolute atomic E-state index is 1.06. The fourth-order valence-corrected chi connectivity index (χ4v) is 2.82. The number of rotatable bonds is 3. The van der Waals surface area contributed by atoms with E-state index in [0.717, 1.165) is 20.5 Å². The Morgan fingerprint density at radius 3 is 2.31 bits per heavy atom. The van der Waals surface area contributed by atoms with Crippen molar-refractivity contribution in [1.82, 2.24) is 0 Å². The summed E-state index contributed by atoms with van der Waals surface area (Å²) in [6.45, 7) is 7.87. The molecule has 80 valence electrons. The number of benzene rings is 1. The van der Waals surface area contributed by atoms with Crippen LogP contribution in [0, 0.1) is 0 Å². The summed E-state index contributed by atoms with van der Waals surface area (Å²) in [5.74, 6) is 0. The maximum Gasteiger partial charge on any atom is 0.0705 e. The summed E-state index contributed by atoms with van der Waals surface area (Å²) < 4.78 is 1.13. The average Bonchev–Trinajstić information content (AvgIpc) is 2.75. The fourth-order valence-electron chi connectivity index (χ4n) is 1.44. The lowest BCUT2D eigenvalue weighted by Gasteiger charge is -2.03. The molecule has 16 heavy (non-hydrogen) atoms.